The van der Waals surface area contributed by atoms with Gasteiger partial charge in [-0.05, 0) is 43.0 Å². The van der Waals surface area contributed by atoms with Crippen molar-refractivity contribution in [1.29, 1.82) is 0 Å². The minimum absolute atomic E-state index is 0.0259. The third-order valence-electron chi connectivity index (χ3n) is 5.46. The molecule has 1 heterocycles. The second kappa shape index (κ2) is 8.67. The Balaban J connectivity index is 1.41. The molecule has 1 atom stereocenters. The van der Waals surface area contributed by atoms with E-state index in [-0.39, 0.29) is 11.8 Å². The van der Waals surface area contributed by atoms with Crippen LogP contribution >= 0.6 is 11.3 Å². The van der Waals surface area contributed by atoms with Crippen molar-refractivity contribution in [2.24, 2.45) is 11.7 Å². The molecule has 0 spiro atoms. The van der Waals surface area contributed by atoms with E-state index >= 15 is 0 Å². The van der Waals surface area contributed by atoms with E-state index in [4.69, 9.17) is 10.7 Å². The lowest BCUT2D eigenvalue weighted by Gasteiger charge is -2.26. The highest BCUT2D eigenvalue weighted by Crippen LogP contribution is 2.34. The van der Waals surface area contributed by atoms with Crippen LogP contribution in [0.25, 0.3) is 0 Å². The summed E-state index contributed by atoms with van der Waals surface area (Å²) in [5, 5.41) is 6.23. The van der Waals surface area contributed by atoms with E-state index in [1.165, 1.54) is 32.1 Å². The molecule has 4 nitrogen and oxygen atoms in total. The van der Waals surface area contributed by atoms with E-state index in [0.29, 0.717) is 17.0 Å². The van der Waals surface area contributed by atoms with Gasteiger partial charge in [-0.3, -0.25) is 4.79 Å². The van der Waals surface area contributed by atoms with Crippen molar-refractivity contribution in [3.8, 4) is 0 Å². The molecular weight excluding hydrogens is 366 g/mol. The number of benzene rings is 2. The SMILES string of the molecule is NC(c1csc(Nc2ccc(C(=O)c3ccccc3)cc2)n1)C1CCCCC1. The molecule has 5 heteroatoms. The zero-order chi connectivity index (χ0) is 19.3. The first-order chi connectivity index (χ1) is 13.7. The monoisotopic (exact) mass is 391 g/mol. The van der Waals surface area contributed by atoms with Crippen LogP contribution in [0.3, 0.4) is 0 Å². The van der Waals surface area contributed by atoms with Crippen molar-refractivity contribution in [3.05, 3.63) is 76.8 Å². The summed E-state index contributed by atoms with van der Waals surface area (Å²) in [5.74, 6) is 0.578. The van der Waals surface area contributed by atoms with E-state index in [9.17, 15) is 4.79 Å². The molecule has 1 aliphatic carbocycles. The van der Waals surface area contributed by atoms with Crippen LogP contribution in [0.5, 0.6) is 0 Å². The van der Waals surface area contributed by atoms with Gasteiger partial charge in [0.15, 0.2) is 10.9 Å². The van der Waals surface area contributed by atoms with Crippen molar-refractivity contribution in [2.75, 3.05) is 5.32 Å². The third-order valence-corrected chi connectivity index (χ3v) is 6.23. The number of anilines is 2. The van der Waals surface area contributed by atoms with Crippen LogP contribution in [0.1, 0.15) is 59.8 Å². The highest BCUT2D eigenvalue weighted by molar-refractivity contribution is 7.13. The van der Waals surface area contributed by atoms with E-state index in [2.05, 4.69) is 10.7 Å². The highest BCUT2D eigenvalue weighted by Gasteiger charge is 2.23. The number of hydrogen-bond donors (Lipinski definition) is 2. The molecule has 0 bridgehead atoms. The summed E-state index contributed by atoms with van der Waals surface area (Å²) in [4.78, 5) is 17.2. The van der Waals surface area contributed by atoms with Gasteiger partial charge in [0.1, 0.15) is 0 Å². The first-order valence-electron chi connectivity index (χ1n) is 9.88. The average Bonchev–Trinajstić information content (AvgIpc) is 3.23. The Morgan fingerprint density at radius 1 is 1.00 bits per heavy atom. The first kappa shape index (κ1) is 18.8. The number of aromatic nitrogens is 1. The fraction of sp³-hybridized carbons (Fsp3) is 0.304. The molecule has 3 N–H and O–H groups in total. The van der Waals surface area contributed by atoms with Crippen molar-refractivity contribution >= 4 is 27.9 Å². The quantitative estimate of drug-likeness (QED) is 0.529. The van der Waals surface area contributed by atoms with Gasteiger partial charge in [0, 0.05) is 22.2 Å². The Hall–Kier alpha value is -2.50. The maximum atomic E-state index is 12.5. The molecule has 4 rings (SSSR count). The molecule has 28 heavy (non-hydrogen) atoms. The van der Waals surface area contributed by atoms with Gasteiger partial charge in [-0.15, -0.1) is 11.3 Å². The van der Waals surface area contributed by atoms with Crippen LogP contribution in [0.4, 0.5) is 10.8 Å². The molecule has 0 saturated heterocycles. The number of rotatable bonds is 6. The fourth-order valence-electron chi connectivity index (χ4n) is 3.82. The molecule has 1 saturated carbocycles. The first-order valence-corrected chi connectivity index (χ1v) is 10.8. The summed E-state index contributed by atoms with van der Waals surface area (Å²) < 4.78 is 0. The van der Waals surface area contributed by atoms with E-state index in [0.717, 1.165) is 16.5 Å². The van der Waals surface area contributed by atoms with Gasteiger partial charge in [0.25, 0.3) is 0 Å². The topological polar surface area (TPSA) is 68.0 Å². The molecule has 1 unspecified atom stereocenters. The minimum atomic E-state index is 0.0259. The molecule has 2 aromatic carbocycles. The second-order valence-electron chi connectivity index (χ2n) is 7.40. The summed E-state index contributed by atoms with van der Waals surface area (Å²) in [5.41, 5.74) is 9.73. The lowest BCUT2D eigenvalue weighted by atomic mass is 9.83. The van der Waals surface area contributed by atoms with E-state index in [1.54, 1.807) is 11.3 Å². The number of nitrogens with one attached hydrogen (secondary N) is 1. The van der Waals surface area contributed by atoms with Gasteiger partial charge in [0.2, 0.25) is 0 Å². The van der Waals surface area contributed by atoms with Gasteiger partial charge in [0.05, 0.1) is 11.7 Å². The van der Waals surface area contributed by atoms with Gasteiger partial charge >= 0.3 is 0 Å². The number of ketones is 1. The van der Waals surface area contributed by atoms with Crippen LogP contribution in [0, 0.1) is 5.92 Å². The lowest BCUT2D eigenvalue weighted by Crippen LogP contribution is -2.23. The number of hydrogen-bond acceptors (Lipinski definition) is 5. The van der Waals surface area contributed by atoms with Crippen LogP contribution in [-0.4, -0.2) is 10.8 Å². The molecular formula is C23H25N3OS. The number of nitrogens with zero attached hydrogens (tertiary/aromatic N) is 1. The second-order valence-corrected chi connectivity index (χ2v) is 8.26. The summed E-state index contributed by atoms with van der Waals surface area (Å²) >= 11 is 1.57. The van der Waals surface area contributed by atoms with Crippen LogP contribution in [0.2, 0.25) is 0 Å². The Morgan fingerprint density at radius 3 is 2.39 bits per heavy atom. The maximum Gasteiger partial charge on any atom is 0.193 e. The normalized spacial score (nSPS) is 15.9. The fourth-order valence-corrected chi connectivity index (χ4v) is 4.59. The van der Waals surface area contributed by atoms with Crippen molar-refractivity contribution in [2.45, 2.75) is 38.1 Å². The number of carbonyl (C=O) groups is 1. The van der Waals surface area contributed by atoms with E-state index < -0.39 is 0 Å². The maximum absolute atomic E-state index is 12.5. The lowest BCUT2D eigenvalue weighted by molar-refractivity contribution is 0.103. The van der Waals surface area contributed by atoms with E-state index in [1.807, 2.05) is 54.6 Å². The van der Waals surface area contributed by atoms with Gasteiger partial charge in [-0.25, -0.2) is 4.98 Å². The minimum Gasteiger partial charge on any atom is -0.332 e. The molecule has 144 valence electrons. The zero-order valence-corrected chi connectivity index (χ0v) is 16.6. The largest absolute Gasteiger partial charge is 0.332 e. The third kappa shape index (κ3) is 4.32. The summed E-state index contributed by atoms with van der Waals surface area (Å²) in [6, 6.07) is 16.9. The Labute approximate surface area is 169 Å². The number of thiazole rings is 1. The standard InChI is InChI=1S/C23H25N3OS/c24-21(16-7-3-1-4-8-16)20-15-28-23(26-20)25-19-13-11-18(12-14-19)22(27)17-9-5-2-6-10-17/h2,5-6,9-16,21H,1,3-4,7-8,24H2,(H,25,26). The Morgan fingerprint density at radius 2 is 1.68 bits per heavy atom. The number of nitrogens with two attached hydrogens (primary N) is 1. The van der Waals surface area contributed by atoms with Gasteiger partial charge in [-0.2, -0.15) is 0 Å². The van der Waals surface area contributed by atoms with Crippen LogP contribution in [-0.2, 0) is 0 Å². The predicted octanol–water partition coefficient (Wildman–Crippen LogP) is 5.70. The summed E-state index contributed by atoms with van der Waals surface area (Å²) in [7, 11) is 0. The van der Waals surface area contributed by atoms with Gasteiger partial charge in [-0.1, -0.05) is 49.6 Å². The molecule has 1 aliphatic rings. The molecule has 1 fully saturated rings. The van der Waals surface area contributed by atoms with Gasteiger partial charge < -0.3 is 11.1 Å². The molecule has 0 aliphatic heterocycles. The molecule has 1 aromatic heterocycles. The van der Waals surface area contributed by atoms with Crippen molar-refractivity contribution < 1.29 is 4.79 Å². The van der Waals surface area contributed by atoms with Crippen molar-refractivity contribution in [3.63, 3.8) is 0 Å². The number of carbonyl (C=O) groups excluding carboxylic acids is 1. The van der Waals surface area contributed by atoms with Crippen LogP contribution < -0.4 is 11.1 Å². The molecule has 0 radical (unpaired) electrons. The smallest absolute Gasteiger partial charge is 0.193 e. The van der Waals surface area contributed by atoms with Crippen molar-refractivity contribution in [1.82, 2.24) is 4.98 Å². The highest BCUT2D eigenvalue weighted by atomic mass is 32.1. The summed E-state index contributed by atoms with van der Waals surface area (Å²) in [6.45, 7) is 0. The van der Waals surface area contributed by atoms with Crippen LogP contribution in [0.15, 0.2) is 60.0 Å². The average molecular weight is 392 g/mol. The summed E-state index contributed by atoms with van der Waals surface area (Å²) in [6.07, 6.45) is 6.30. The predicted molar refractivity (Wildman–Crippen MR) is 115 cm³/mol. The molecule has 3 aromatic rings. The Kier molecular flexibility index (Phi) is 5.84. The Bertz CT molecular complexity index is 915. The zero-order valence-electron chi connectivity index (χ0n) is 15.8. The molecule has 0 amide bonds.